The van der Waals surface area contributed by atoms with Crippen LogP contribution >= 0.6 is 0 Å². The number of nitrogens with two attached hydrogens (primary N) is 1. The molecule has 0 spiro atoms. The van der Waals surface area contributed by atoms with Gasteiger partial charge in [0.25, 0.3) is 0 Å². The number of nitrogens with one attached hydrogen (secondary N) is 2. The van der Waals surface area contributed by atoms with Crippen molar-refractivity contribution in [1.82, 2.24) is 9.97 Å². The van der Waals surface area contributed by atoms with Gasteiger partial charge in [0.15, 0.2) is 0 Å². The molecule has 4 N–H and O–H groups in total. The molecule has 0 aromatic carbocycles. The van der Waals surface area contributed by atoms with Gasteiger partial charge in [0.1, 0.15) is 17.5 Å². The Morgan fingerprint density at radius 3 is 2.63 bits per heavy atom. The van der Waals surface area contributed by atoms with E-state index in [9.17, 15) is 0 Å². The molecule has 1 atom stereocenters. The number of hydrazine groups is 1. The SMILES string of the molecule is COCCC(C)Nc1nc(C2CC2)nc(NN)c1C. The first-order chi connectivity index (χ1) is 9.15. The molecule has 19 heavy (non-hydrogen) atoms. The largest absolute Gasteiger partial charge is 0.385 e. The van der Waals surface area contributed by atoms with E-state index in [0.29, 0.717) is 17.8 Å². The zero-order valence-electron chi connectivity index (χ0n) is 11.9. The van der Waals surface area contributed by atoms with E-state index >= 15 is 0 Å². The van der Waals surface area contributed by atoms with Gasteiger partial charge < -0.3 is 15.5 Å². The summed E-state index contributed by atoms with van der Waals surface area (Å²) in [5.74, 6) is 8.50. The minimum absolute atomic E-state index is 0.297. The molecule has 0 amide bonds. The first-order valence-corrected chi connectivity index (χ1v) is 6.76. The topological polar surface area (TPSA) is 85.1 Å². The molecule has 0 radical (unpaired) electrons. The van der Waals surface area contributed by atoms with Gasteiger partial charge in [-0.2, -0.15) is 0 Å². The third-order valence-corrected chi connectivity index (χ3v) is 3.38. The third-order valence-electron chi connectivity index (χ3n) is 3.38. The van der Waals surface area contributed by atoms with Crippen LogP contribution in [0.5, 0.6) is 0 Å². The molecular formula is C13H23N5O. The van der Waals surface area contributed by atoms with Crippen LogP contribution < -0.4 is 16.6 Å². The fourth-order valence-electron chi connectivity index (χ4n) is 1.94. The minimum atomic E-state index is 0.297. The van der Waals surface area contributed by atoms with Crippen molar-refractivity contribution in [2.24, 2.45) is 5.84 Å². The van der Waals surface area contributed by atoms with Crippen LogP contribution in [0, 0.1) is 6.92 Å². The Morgan fingerprint density at radius 1 is 1.37 bits per heavy atom. The van der Waals surface area contributed by atoms with E-state index in [4.69, 9.17) is 10.6 Å². The number of nitrogen functional groups attached to an aromatic ring is 1. The van der Waals surface area contributed by atoms with Gasteiger partial charge in [0, 0.05) is 31.2 Å². The van der Waals surface area contributed by atoms with E-state index in [1.165, 1.54) is 12.8 Å². The fraction of sp³-hybridized carbons (Fsp3) is 0.692. The van der Waals surface area contributed by atoms with Crippen LogP contribution in [0.25, 0.3) is 0 Å². The molecule has 0 aliphatic heterocycles. The van der Waals surface area contributed by atoms with Gasteiger partial charge >= 0.3 is 0 Å². The lowest BCUT2D eigenvalue weighted by Gasteiger charge is -2.18. The van der Waals surface area contributed by atoms with Gasteiger partial charge in [0.05, 0.1) is 0 Å². The molecule has 6 nitrogen and oxygen atoms in total. The Morgan fingerprint density at radius 2 is 2.05 bits per heavy atom. The van der Waals surface area contributed by atoms with Gasteiger partial charge in [-0.15, -0.1) is 0 Å². The molecular weight excluding hydrogens is 242 g/mol. The Labute approximate surface area is 114 Å². The second-order valence-electron chi connectivity index (χ2n) is 5.15. The molecule has 0 bridgehead atoms. The molecule has 0 saturated heterocycles. The van der Waals surface area contributed by atoms with Gasteiger partial charge in [-0.3, -0.25) is 0 Å². The Kier molecular flexibility index (Phi) is 4.55. The first kappa shape index (κ1) is 14.0. The molecule has 1 unspecified atom stereocenters. The predicted molar refractivity (Wildman–Crippen MR) is 76.1 cm³/mol. The molecule has 1 heterocycles. The molecule has 1 aliphatic rings. The first-order valence-electron chi connectivity index (χ1n) is 6.76. The van der Waals surface area contributed by atoms with Crippen molar-refractivity contribution in [3.05, 3.63) is 11.4 Å². The molecule has 106 valence electrons. The van der Waals surface area contributed by atoms with Crippen LogP contribution in [0.2, 0.25) is 0 Å². The normalized spacial score (nSPS) is 16.2. The summed E-state index contributed by atoms with van der Waals surface area (Å²) in [6.07, 6.45) is 3.28. The maximum absolute atomic E-state index is 5.53. The van der Waals surface area contributed by atoms with Gasteiger partial charge in [-0.1, -0.05) is 0 Å². The molecule has 1 aromatic heterocycles. The average Bonchev–Trinajstić information content (AvgIpc) is 3.23. The number of hydrogen-bond donors (Lipinski definition) is 3. The van der Waals surface area contributed by atoms with Crippen molar-refractivity contribution in [2.45, 2.75) is 45.1 Å². The third kappa shape index (κ3) is 3.54. The lowest BCUT2D eigenvalue weighted by molar-refractivity contribution is 0.191. The maximum Gasteiger partial charge on any atom is 0.148 e. The van der Waals surface area contributed by atoms with E-state index in [0.717, 1.165) is 30.2 Å². The van der Waals surface area contributed by atoms with Gasteiger partial charge in [-0.05, 0) is 33.1 Å². The summed E-state index contributed by atoms with van der Waals surface area (Å²) in [6, 6.07) is 0.297. The van der Waals surface area contributed by atoms with Crippen molar-refractivity contribution in [1.29, 1.82) is 0 Å². The summed E-state index contributed by atoms with van der Waals surface area (Å²) in [5.41, 5.74) is 3.61. The minimum Gasteiger partial charge on any atom is -0.385 e. The van der Waals surface area contributed by atoms with Gasteiger partial charge in [-0.25, -0.2) is 15.8 Å². The van der Waals surface area contributed by atoms with Crippen molar-refractivity contribution in [3.8, 4) is 0 Å². The highest BCUT2D eigenvalue weighted by Gasteiger charge is 2.28. The second kappa shape index (κ2) is 6.16. The highest BCUT2D eigenvalue weighted by Crippen LogP contribution is 2.39. The predicted octanol–water partition coefficient (Wildman–Crippen LogP) is 1.78. The monoisotopic (exact) mass is 265 g/mol. The summed E-state index contributed by atoms with van der Waals surface area (Å²) >= 11 is 0. The highest BCUT2D eigenvalue weighted by molar-refractivity contribution is 5.57. The van der Waals surface area contributed by atoms with Crippen molar-refractivity contribution < 1.29 is 4.74 Å². The molecule has 1 fully saturated rings. The summed E-state index contributed by atoms with van der Waals surface area (Å²) in [6.45, 7) is 4.82. The standard InChI is InChI=1S/C13H23N5O/c1-8(6-7-19-3)15-11-9(2)12(18-14)17-13(16-11)10-4-5-10/h8,10H,4-7,14H2,1-3H3,(H2,15,16,17,18). The van der Waals surface area contributed by atoms with Gasteiger partial charge in [0.2, 0.25) is 0 Å². The van der Waals surface area contributed by atoms with Crippen molar-refractivity contribution in [2.75, 3.05) is 24.5 Å². The van der Waals surface area contributed by atoms with Crippen LogP contribution in [0.3, 0.4) is 0 Å². The van der Waals surface area contributed by atoms with Crippen molar-refractivity contribution in [3.63, 3.8) is 0 Å². The number of hydrogen-bond acceptors (Lipinski definition) is 6. The zero-order valence-corrected chi connectivity index (χ0v) is 11.9. The summed E-state index contributed by atoms with van der Waals surface area (Å²) in [7, 11) is 1.71. The maximum atomic E-state index is 5.53. The fourth-order valence-corrected chi connectivity index (χ4v) is 1.94. The number of aromatic nitrogens is 2. The highest BCUT2D eigenvalue weighted by atomic mass is 16.5. The summed E-state index contributed by atoms with van der Waals surface area (Å²) in [4.78, 5) is 9.10. The van der Waals surface area contributed by atoms with Crippen LogP contribution in [0.4, 0.5) is 11.6 Å². The van der Waals surface area contributed by atoms with E-state index in [1.807, 2.05) is 6.92 Å². The molecule has 1 aromatic rings. The molecule has 6 heteroatoms. The van der Waals surface area contributed by atoms with Crippen molar-refractivity contribution >= 4 is 11.6 Å². The number of nitrogens with zero attached hydrogens (tertiary/aromatic N) is 2. The summed E-state index contributed by atoms with van der Waals surface area (Å²) in [5, 5.41) is 3.42. The number of anilines is 2. The Hall–Kier alpha value is -1.40. The van der Waals surface area contributed by atoms with Crippen LogP contribution in [0.1, 0.15) is 43.5 Å². The zero-order chi connectivity index (χ0) is 13.8. The van der Waals surface area contributed by atoms with Crippen LogP contribution in [0.15, 0.2) is 0 Å². The lowest BCUT2D eigenvalue weighted by Crippen LogP contribution is -2.21. The smallest absolute Gasteiger partial charge is 0.148 e. The van der Waals surface area contributed by atoms with E-state index < -0.39 is 0 Å². The number of rotatable bonds is 7. The quantitative estimate of drug-likeness (QED) is 0.515. The number of methoxy groups -OCH3 is 1. The van der Waals surface area contributed by atoms with E-state index in [1.54, 1.807) is 7.11 Å². The molecule has 1 aliphatic carbocycles. The Bertz CT molecular complexity index is 433. The molecule has 2 rings (SSSR count). The number of ether oxygens (including phenoxy) is 1. The van der Waals surface area contributed by atoms with Crippen LogP contribution in [-0.2, 0) is 4.74 Å². The Balaban J connectivity index is 2.15. The summed E-state index contributed by atoms with van der Waals surface area (Å²) < 4.78 is 5.09. The molecule has 1 saturated carbocycles. The second-order valence-corrected chi connectivity index (χ2v) is 5.15. The average molecular weight is 265 g/mol. The van der Waals surface area contributed by atoms with E-state index in [-0.39, 0.29) is 0 Å². The lowest BCUT2D eigenvalue weighted by atomic mass is 10.2. The van der Waals surface area contributed by atoms with E-state index in [2.05, 4.69) is 27.6 Å². The van der Waals surface area contributed by atoms with Crippen LogP contribution in [-0.4, -0.2) is 29.7 Å².